The van der Waals surface area contributed by atoms with E-state index in [4.69, 9.17) is 4.74 Å². The van der Waals surface area contributed by atoms with E-state index in [0.717, 1.165) is 10.8 Å². The second kappa shape index (κ2) is 11.3. The van der Waals surface area contributed by atoms with Crippen LogP contribution in [0.2, 0.25) is 0 Å². The van der Waals surface area contributed by atoms with Gasteiger partial charge in [-0.2, -0.15) is 0 Å². The number of hydrogen-bond acceptors (Lipinski definition) is 6. The van der Waals surface area contributed by atoms with Gasteiger partial charge in [0.15, 0.2) is 0 Å². The third-order valence-corrected chi connectivity index (χ3v) is 6.45. The first-order valence-corrected chi connectivity index (χ1v) is 11.5. The monoisotopic (exact) mass is 537 g/mol. The number of carbonyl (C=O) groups is 3. The Hall–Kier alpha value is -3.15. The number of carbonyl (C=O) groups excluding carboxylic acids is 3. The van der Waals surface area contributed by atoms with Gasteiger partial charge in [-0.1, -0.05) is 24.3 Å². The average Bonchev–Trinajstić information content (AvgIpc) is 3.14. The number of nitrogens with zero attached hydrogens (tertiary/aromatic N) is 2. The van der Waals surface area contributed by atoms with Crippen LogP contribution in [0.1, 0.15) is 28.9 Å². The van der Waals surface area contributed by atoms with Crippen molar-refractivity contribution in [3.05, 3.63) is 96.1 Å². The number of anilines is 2. The average molecular weight is 538 g/mol. The Morgan fingerprint density at radius 2 is 1.76 bits per heavy atom. The molecule has 0 saturated carbocycles. The second-order valence-corrected chi connectivity index (χ2v) is 8.65. The minimum absolute atomic E-state index is 0. The maximum Gasteiger partial charge on any atom is 1.00 e. The molecule has 0 fully saturated rings. The number of fused-ring (bicyclic) bond motifs is 2. The van der Waals surface area contributed by atoms with Crippen molar-refractivity contribution in [1.29, 1.82) is 0 Å². The Labute approximate surface area is 260 Å². The van der Waals surface area contributed by atoms with Crippen molar-refractivity contribution in [3.8, 4) is 5.75 Å². The molecule has 1 atom stereocenters. The molecular formula is C28H21FKN3O5. The number of amides is 2. The number of methoxy groups -OCH3 is 1. The first-order valence-electron chi connectivity index (χ1n) is 11.5. The molecule has 38 heavy (non-hydrogen) atoms. The topological polar surface area (TPSA) is 112 Å². The normalized spacial score (nSPS) is 16.1. The molecule has 5 rings (SSSR count). The summed E-state index contributed by atoms with van der Waals surface area (Å²) in [5.41, 5.74) is -0.614. The van der Waals surface area contributed by atoms with Gasteiger partial charge >= 0.3 is 51.4 Å². The van der Waals surface area contributed by atoms with Crippen LogP contribution in [-0.2, 0) is 15.1 Å². The van der Waals surface area contributed by atoms with Crippen molar-refractivity contribution in [2.45, 2.75) is 18.4 Å². The smallest absolute Gasteiger partial charge is 0.550 e. The molecule has 1 aliphatic rings. The van der Waals surface area contributed by atoms with E-state index in [-0.39, 0.29) is 63.5 Å². The number of carboxylic acid groups (broad SMARTS) is 1. The van der Waals surface area contributed by atoms with Crippen molar-refractivity contribution < 1.29 is 80.0 Å². The maximum absolute atomic E-state index is 14.1. The zero-order valence-corrected chi connectivity index (χ0v) is 23.9. The SMILES string of the molecule is COc1ccc2c(c1)C(CCC(=O)[O-])(NC(=O)c1cc3ccccc3cn1)C(=O)N2c1ccc(F)cc1.[K+]. The molecule has 0 spiro atoms. The van der Waals surface area contributed by atoms with Gasteiger partial charge in [0.25, 0.3) is 11.8 Å². The summed E-state index contributed by atoms with van der Waals surface area (Å²) in [5.74, 6) is -2.72. The predicted molar refractivity (Wildman–Crippen MR) is 132 cm³/mol. The van der Waals surface area contributed by atoms with Gasteiger partial charge in [0.05, 0.1) is 12.8 Å². The summed E-state index contributed by atoms with van der Waals surface area (Å²) >= 11 is 0. The summed E-state index contributed by atoms with van der Waals surface area (Å²) in [7, 11) is 1.46. The number of hydrogen-bond donors (Lipinski definition) is 1. The van der Waals surface area contributed by atoms with Gasteiger partial charge in [-0.05, 0) is 66.8 Å². The van der Waals surface area contributed by atoms with Crippen molar-refractivity contribution >= 4 is 39.9 Å². The third-order valence-electron chi connectivity index (χ3n) is 6.45. The number of ether oxygens (including phenoxy) is 1. The molecule has 0 saturated heterocycles. The summed E-state index contributed by atoms with van der Waals surface area (Å²) in [6, 6.07) is 19.1. The predicted octanol–water partition coefficient (Wildman–Crippen LogP) is 0.220. The largest absolute Gasteiger partial charge is 1.00 e. The van der Waals surface area contributed by atoms with Gasteiger partial charge in [-0.3, -0.25) is 19.5 Å². The van der Waals surface area contributed by atoms with Gasteiger partial charge in [-0.25, -0.2) is 4.39 Å². The molecule has 2 heterocycles. The van der Waals surface area contributed by atoms with Gasteiger partial charge in [0, 0.05) is 28.8 Å². The Balaban J connectivity index is 0.00000336. The van der Waals surface area contributed by atoms with Gasteiger partial charge in [0.1, 0.15) is 22.8 Å². The number of aromatic nitrogens is 1. The first kappa shape index (κ1) is 27.9. The first-order chi connectivity index (χ1) is 17.8. The van der Waals surface area contributed by atoms with Crippen LogP contribution in [0, 0.1) is 5.82 Å². The fourth-order valence-corrected chi connectivity index (χ4v) is 4.62. The number of rotatable bonds is 7. The molecule has 1 aliphatic heterocycles. The fraction of sp³-hybridized carbons (Fsp3) is 0.143. The molecule has 8 nitrogen and oxygen atoms in total. The van der Waals surface area contributed by atoms with E-state index in [1.807, 2.05) is 24.3 Å². The number of nitrogens with one attached hydrogen (secondary N) is 1. The summed E-state index contributed by atoms with van der Waals surface area (Å²) in [5, 5.41) is 15.9. The van der Waals surface area contributed by atoms with Crippen LogP contribution in [0.25, 0.3) is 10.8 Å². The summed E-state index contributed by atoms with van der Waals surface area (Å²) in [6.07, 6.45) is 0.757. The Morgan fingerprint density at radius 3 is 2.45 bits per heavy atom. The van der Waals surface area contributed by atoms with E-state index < -0.39 is 35.6 Å². The van der Waals surface area contributed by atoms with E-state index in [2.05, 4.69) is 10.3 Å². The van der Waals surface area contributed by atoms with Crippen molar-refractivity contribution in [2.75, 3.05) is 12.0 Å². The van der Waals surface area contributed by atoms with E-state index in [1.54, 1.807) is 30.5 Å². The molecule has 0 radical (unpaired) electrons. The molecule has 0 bridgehead atoms. The fourth-order valence-electron chi connectivity index (χ4n) is 4.62. The summed E-state index contributed by atoms with van der Waals surface area (Å²) in [6.45, 7) is 0. The van der Waals surface area contributed by atoms with Gasteiger partial charge < -0.3 is 20.0 Å². The van der Waals surface area contributed by atoms with E-state index >= 15 is 0 Å². The third kappa shape index (κ3) is 5.10. The van der Waals surface area contributed by atoms with Gasteiger partial charge in [-0.15, -0.1) is 0 Å². The zero-order chi connectivity index (χ0) is 26.2. The number of carboxylic acids is 1. The van der Waals surface area contributed by atoms with Crippen LogP contribution in [0.3, 0.4) is 0 Å². The van der Waals surface area contributed by atoms with Crippen LogP contribution < -0.4 is 71.4 Å². The van der Waals surface area contributed by atoms with Gasteiger partial charge in [0.2, 0.25) is 0 Å². The number of pyridine rings is 1. The number of aliphatic carboxylic acids is 1. The van der Waals surface area contributed by atoms with E-state index in [9.17, 15) is 23.9 Å². The van der Waals surface area contributed by atoms with Crippen LogP contribution in [-0.4, -0.2) is 29.9 Å². The zero-order valence-electron chi connectivity index (χ0n) is 20.7. The maximum atomic E-state index is 14.1. The Kier molecular flexibility index (Phi) is 8.29. The molecule has 1 unspecified atom stereocenters. The minimum atomic E-state index is -1.78. The molecular weight excluding hydrogens is 516 g/mol. The minimum Gasteiger partial charge on any atom is -0.550 e. The van der Waals surface area contributed by atoms with E-state index in [1.165, 1.54) is 36.3 Å². The van der Waals surface area contributed by atoms with Crippen molar-refractivity contribution in [2.24, 2.45) is 0 Å². The number of halogens is 1. The molecule has 1 N–H and O–H groups in total. The molecule has 0 aliphatic carbocycles. The van der Waals surface area contributed by atoms with Crippen LogP contribution in [0.5, 0.6) is 5.75 Å². The molecule has 3 aromatic carbocycles. The molecule has 1 aromatic heterocycles. The summed E-state index contributed by atoms with van der Waals surface area (Å²) < 4.78 is 19.0. The van der Waals surface area contributed by atoms with Crippen molar-refractivity contribution in [3.63, 3.8) is 0 Å². The quantitative estimate of drug-likeness (QED) is 0.338. The Morgan fingerprint density at radius 1 is 1.05 bits per heavy atom. The standard InChI is InChI=1S/C28H22FN3O5.K/c1-37-21-10-11-24-22(15-21)28(13-12-25(33)34,27(36)32(24)20-8-6-19(29)7-9-20)31-26(35)23-14-17-4-2-3-5-18(17)16-30-23;/h2-11,14-16H,12-13H2,1H3,(H,31,35)(H,33,34);/q;+1/p-1. The molecule has 2 amide bonds. The number of benzene rings is 3. The van der Waals surface area contributed by atoms with Crippen LogP contribution in [0.4, 0.5) is 15.8 Å². The second-order valence-electron chi connectivity index (χ2n) is 8.65. The Bertz CT molecular complexity index is 1550. The molecule has 10 heteroatoms. The van der Waals surface area contributed by atoms with E-state index in [0.29, 0.717) is 22.7 Å². The van der Waals surface area contributed by atoms with Crippen molar-refractivity contribution in [1.82, 2.24) is 10.3 Å². The molecule has 4 aromatic rings. The summed E-state index contributed by atoms with van der Waals surface area (Å²) in [4.78, 5) is 44.7. The van der Waals surface area contributed by atoms with Crippen LogP contribution >= 0.6 is 0 Å². The van der Waals surface area contributed by atoms with Crippen LogP contribution in [0.15, 0.2) is 79.0 Å². The molecule has 186 valence electrons.